The molecule has 0 radical (unpaired) electrons. The van der Waals surface area contributed by atoms with Crippen molar-refractivity contribution in [2.75, 3.05) is 5.32 Å². The van der Waals surface area contributed by atoms with Gasteiger partial charge in [-0.1, -0.05) is 35.0 Å². The third kappa shape index (κ3) is 4.04. The van der Waals surface area contributed by atoms with Crippen LogP contribution in [0.4, 0.5) is 5.69 Å². The number of hydrogen-bond donors (Lipinski definition) is 1. The quantitative estimate of drug-likeness (QED) is 0.568. The number of pyridine rings is 1. The SMILES string of the molecule is O=C(Nc1cnn(Cc2cccc(Cl)c2)c1)c1cc(-c2ccccn2)on1. The fourth-order valence-electron chi connectivity index (χ4n) is 2.54. The summed E-state index contributed by atoms with van der Waals surface area (Å²) < 4.78 is 6.91. The monoisotopic (exact) mass is 379 g/mol. The highest BCUT2D eigenvalue weighted by atomic mass is 35.5. The Morgan fingerprint density at radius 2 is 2.11 bits per heavy atom. The number of nitrogens with zero attached hydrogens (tertiary/aromatic N) is 4. The molecule has 8 heteroatoms. The molecule has 0 bridgehead atoms. The second kappa shape index (κ2) is 7.43. The van der Waals surface area contributed by atoms with E-state index in [2.05, 4.69) is 20.6 Å². The van der Waals surface area contributed by atoms with E-state index in [1.807, 2.05) is 30.3 Å². The number of benzene rings is 1. The number of carbonyl (C=O) groups excluding carboxylic acids is 1. The van der Waals surface area contributed by atoms with Crippen molar-refractivity contribution in [1.29, 1.82) is 0 Å². The van der Waals surface area contributed by atoms with E-state index in [0.29, 0.717) is 28.7 Å². The Labute approximate surface area is 159 Å². The Bertz CT molecular complexity index is 1070. The van der Waals surface area contributed by atoms with Gasteiger partial charge in [0.05, 0.1) is 18.4 Å². The van der Waals surface area contributed by atoms with Gasteiger partial charge in [0, 0.05) is 23.5 Å². The topological polar surface area (TPSA) is 85.8 Å². The van der Waals surface area contributed by atoms with Gasteiger partial charge in [-0.25, -0.2) is 0 Å². The van der Waals surface area contributed by atoms with Crippen LogP contribution in [0.5, 0.6) is 0 Å². The number of carbonyl (C=O) groups is 1. The van der Waals surface area contributed by atoms with Gasteiger partial charge in [0.2, 0.25) is 0 Å². The molecule has 27 heavy (non-hydrogen) atoms. The average molecular weight is 380 g/mol. The summed E-state index contributed by atoms with van der Waals surface area (Å²) in [6, 6.07) is 14.5. The predicted octanol–water partition coefficient (Wildman–Crippen LogP) is 3.89. The second-order valence-electron chi connectivity index (χ2n) is 5.80. The van der Waals surface area contributed by atoms with Crippen molar-refractivity contribution in [3.63, 3.8) is 0 Å². The average Bonchev–Trinajstić information content (AvgIpc) is 3.32. The summed E-state index contributed by atoms with van der Waals surface area (Å²) in [6.07, 6.45) is 4.95. The normalized spacial score (nSPS) is 10.7. The van der Waals surface area contributed by atoms with Crippen LogP contribution in [0.15, 0.2) is 71.6 Å². The Morgan fingerprint density at radius 3 is 2.93 bits per heavy atom. The van der Waals surface area contributed by atoms with Gasteiger partial charge in [0.15, 0.2) is 11.5 Å². The maximum Gasteiger partial charge on any atom is 0.277 e. The molecule has 1 aromatic carbocycles. The number of hydrogen-bond acceptors (Lipinski definition) is 5. The van der Waals surface area contributed by atoms with E-state index in [9.17, 15) is 4.79 Å². The van der Waals surface area contributed by atoms with Crippen LogP contribution in [0, 0.1) is 0 Å². The molecule has 1 amide bonds. The van der Waals surface area contributed by atoms with Crippen LogP contribution in [-0.4, -0.2) is 25.8 Å². The fourth-order valence-corrected chi connectivity index (χ4v) is 2.76. The summed E-state index contributed by atoms with van der Waals surface area (Å²) in [6.45, 7) is 0.546. The summed E-state index contributed by atoms with van der Waals surface area (Å²) in [4.78, 5) is 16.5. The lowest BCUT2D eigenvalue weighted by atomic mass is 10.2. The highest BCUT2D eigenvalue weighted by Gasteiger charge is 2.15. The van der Waals surface area contributed by atoms with E-state index in [1.54, 1.807) is 41.5 Å². The predicted molar refractivity (Wildman–Crippen MR) is 100 cm³/mol. The zero-order valence-corrected chi connectivity index (χ0v) is 14.8. The molecule has 1 N–H and O–H groups in total. The van der Waals surface area contributed by atoms with Crippen molar-refractivity contribution < 1.29 is 9.32 Å². The summed E-state index contributed by atoms with van der Waals surface area (Å²) in [7, 11) is 0. The van der Waals surface area contributed by atoms with Gasteiger partial charge in [-0.15, -0.1) is 0 Å². The van der Waals surface area contributed by atoms with Crippen LogP contribution in [0.25, 0.3) is 11.5 Å². The Kier molecular flexibility index (Phi) is 4.67. The van der Waals surface area contributed by atoms with Crippen molar-refractivity contribution in [1.82, 2.24) is 19.9 Å². The van der Waals surface area contributed by atoms with Crippen LogP contribution >= 0.6 is 11.6 Å². The molecule has 134 valence electrons. The molecule has 0 fully saturated rings. The molecule has 3 heterocycles. The maximum absolute atomic E-state index is 12.4. The van der Waals surface area contributed by atoms with E-state index < -0.39 is 0 Å². The summed E-state index contributed by atoms with van der Waals surface area (Å²) in [5.41, 5.74) is 2.35. The van der Waals surface area contributed by atoms with Crippen molar-refractivity contribution in [2.45, 2.75) is 6.54 Å². The smallest absolute Gasteiger partial charge is 0.277 e. The molecule has 0 aliphatic rings. The number of rotatable bonds is 5. The molecule has 0 aliphatic heterocycles. The Morgan fingerprint density at radius 1 is 1.19 bits per heavy atom. The molecular weight excluding hydrogens is 366 g/mol. The molecular formula is C19H14ClN5O2. The Hall–Kier alpha value is -3.45. The molecule has 0 spiro atoms. The molecule has 4 rings (SSSR count). The number of anilines is 1. The minimum Gasteiger partial charge on any atom is -0.354 e. The van der Waals surface area contributed by atoms with E-state index >= 15 is 0 Å². The van der Waals surface area contributed by atoms with Crippen molar-refractivity contribution in [2.24, 2.45) is 0 Å². The first-order valence-electron chi connectivity index (χ1n) is 8.14. The van der Waals surface area contributed by atoms with Crippen LogP contribution < -0.4 is 5.32 Å². The minimum atomic E-state index is -0.386. The Balaban J connectivity index is 1.43. The summed E-state index contributed by atoms with van der Waals surface area (Å²) in [5.74, 6) is 0.0423. The van der Waals surface area contributed by atoms with Crippen molar-refractivity contribution in [3.8, 4) is 11.5 Å². The lowest BCUT2D eigenvalue weighted by Gasteiger charge is -2.02. The summed E-state index contributed by atoms with van der Waals surface area (Å²) >= 11 is 5.99. The maximum atomic E-state index is 12.4. The van der Waals surface area contributed by atoms with Gasteiger partial charge >= 0.3 is 0 Å². The van der Waals surface area contributed by atoms with Crippen molar-refractivity contribution in [3.05, 3.63) is 83.4 Å². The van der Waals surface area contributed by atoms with E-state index in [1.165, 1.54) is 0 Å². The highest BCUT2D eigenvalue weighted by molar-refractivity contribution is 6.30. The van der Waals surface area contributed by atoms with Gasteiger partial charge in [0.1, 0.15) is 5.69 Å². The first kappa shape index (κ1) is 17.0. The lowest BCUT2D eigenvalue weighted by Crippen LogP contribution is -2.11. The molecule has 0 saturated heterocycles. The van der Waals surface area contributed by atoms with E-state index in [0.717, 1.165) is 5.56 Å². The van der Waals surface area contributed by atoms with Crippen LogP contribution in [-0.2, 0) is 6.54 Å². The van der Waals surface area contributed by atoms with E-state index in [-0.39, 0.29) is 11.6 Å². The van der Waals surface area contributed by atoms with Gasteiger partial charge < -0.3 is 9.84 Å². The molecule has 0 unspecified atom stereocenters. The number of halogens is 1. The zero-order valence-electron chi connectivity index (χ0n) is 14.0. The largest absolute Gasteiger partial charge is 0.354 e. The summed E-state index contributed by atoms with van der Waals surface area (Å²) in [5, 5.41) is 11.5. The van der Waals surface area contributed by atoms with Gasteiger partial charge in [-0.05, 0) is 29.8 Å². The minimum absolute atomic E-state index is 0.165. The molecule has 4 aromatic rings. The number of aromatic nitrogens is 4. The third-order valence-corrected chi connectivity index (χ3v) is 4.02. The highest BCUT2D eigenvalue weighted by Crippen LogP contribution is 2.18. The zero-order chi connectivity index (χ0) is 18.6. The van der Waals surface area contributed by atoms with Gasteiger partial charge in [0.25, 0.3) is 5.91 Å². The van der Waals surface area contributed by atoms with Crippen molar-refractivity contribution >= 4 is 23.2 Å². The number of nitrogens with one attached hydrogen (secondary N) is 1. The molecule has 0 saturated carbocycles. The standard InChI is InChI=1S/C19H14ClN5O2/c20-14-5-3-4-13(8-14)11-25-12-15(10-22-25)23-19(26)17-9-18(27-24-17)16-6-1-2-7-21-16/h1-10,12H,11H2,(H,23,26). The molecule has 0 aliphatic carbocycles. The van der Waals surface area contributed by atoms with Crippen LogP contribution in [0.2, 0.25) is 5.02 Å². The first-order valence-corrected chi connectivity index (χ1v) is 8.51. The van der Waals surface area contributed by atoms with Gasteiger partial charge in [-0.3, -0.25) is 14.5 Å². The molecule has 0 atom stereocenters. The van der Waals surface area contributed by atoms with Gasteiger partial charge in [-0.2, -0.15) is 5.10 Å². The second-order valence-corrected chi connectivity index (χ2v) is 6.24. The van der Waals surface area contributed by atoms with Crippen LogP contribution in [0.1, 0.15) is 16.1 Å². The third-order valence-electron chi connectivity index (χ3n) is 3.78. The number of amides is 1. The molecule has 3 aromatic heterocycles. The van der Waals surface area contributed by atoms with E-state index in [4.69, 9.17) is 16.1 Å². The van der Waals surface area contributed by atoms with Crippen LogP contribution in [0.3, 0.4) is 0 Å². The fraction of sp³-hybridized carbons (Fsp3) is 0.0526. The first-order chi connectivity index (χ1) is 13.2. The lowest BCUT2D eigenvalue weighted by molar-refractivity contribution is 0.101. The molecule has 7 nitrogen and oxygen atoms in total.